The number of amides is 1. The Hall–Kier alpha value is -2.69. The van der Waals surface area contributed by atoms with Gasteiger partial charge in [0, 0.05) is 0 Å². The van der Waals surface area contributed by atoms with E-state index < -0.39 is 0 Å². The highest BCUT2D eigenvalue weighted by Crippen LogP contribution is 2.43. The van der Waals surface area contributed by atoms with Crippen LogP contribution >= 0.6 is 0 Å². The topological polar surface area (TPSA) is 56.8 Å². The van der Waals surface area contributed by atoms with Crippen molar-refractivity contribution in [1.82, 2.24) is 5.32 Å². The molecule has 0 radical (unpaired) electrons. The lowest BCUT2D eigenvalue weighted by Crippen LogP contribution is -2.30. The summed E-state index contributed by atoms with van der Waals surface area (Å²) in [5, 5.41) is 3.20. The summed E-state index contributed by atoms with van der Waals surface area (Å²) in [6.45, 7) is 3.09. The quantitative estimate of drug-likeness (QED) is 0.891. The summed E-state index contributed by atoms with van der Waals surface area (Å²) in [5.74, 6) is 2.45. The molecule has 1 amide bonds. The maximum Gasteiger partial charge on any atom is 0.255 e. The van der Waals surface area contributed by atoms with Gasteiger partial charge in [-0.15, -0.1) is 0 Å². The van der Waals surface area contributed by atoms with Gasteiger partial charge in [0.15, 0.2) is 11.5 Å². The molecule has 2 aromatic carbocycles. The molecule has 136 valence electrons. The van der Waals surface area contributed by atoms with Gasteiger partial charge in [-0.2, -0.15) is 0 Å². The van der Waals surface area contributed by atoms with Crippen LogP contribution in [0.4, 0.5) is 0 Å². The molecule has 5 heteroatoms. The molecule has 0 aromatic heterocycles. The van der Waals surface area contributed by atoms with Gasteiger partial charge in [0.05, 0.1) is 18.7 Å². The largest absolute Gasteiger partial charge is 0.496 e. The summed E-state index contributed by atoms with van der Waals surface area (Å²) >= 11 is 0. The van der Waals surface area contributed by atoms with Gasteiger partial charge in [-0.1, -0.05) is 17.7 Å². The smallest absolute Gasteiger partial charge is 0.255 e. The number of methoxy groups -OCH3 is 1. The van der Waals surface area contributed by atoms with E-state index in [9.17, 15) is 4.79 Å². The number of carbonyl (C=O) groups excluding carboxylic acids is 1. The highest BCUT2D eigenvalue weighted by atomic mass is 16.6. The second-order valence-corrected chi connectivity index (χ2v) is 6.90. The zero-order chi connectivity index (χ0) is 18.1. The molecule has 1 N–H and O–H groups in total. The summed E-state index contributed by atoms with van der Waals surface area (Å²) < 4.78 is 16.7. The van der Waals surface area contributed by atoms with Gasteiger partial charge in [0.2, 0.25) is 0 Å². The lowest BCUT2D eigenvalue weighted by molar-refractivity contribution is 0.0928. The van der Waals surface area contributed by atoms with Crippen LogP contribution in [0.1, 0.15) is 40.4 Å². The van der Waals surface area contributed by atoms with E-state index in [-0.39, 0.29) is 11.9 Å². The second kappa shape index (κ2) is 6.90. The first-order chi connectivity index (χ1) is 12.7. The van der Waals surface area contributed by atoms with E-state index in [4.69, 9.17) is 14.2 Å². The molecule has 5 nitrogen and oxygen atoms in total. The van der Waals surface area contributed by atoms with Crippen molar-refractivity contribution in [3.05, 3.63) is 53.1 Å². The molecule has 0 saturated heterocycles. The van der Waals surface area contributed by atoms with Gasteiger partial charge in [0.1, 0.15) is 19.0 Å². The van der Waals surface area contributed by atoms with E-state index in [1.807, 2.05) is 43.3 Å². The Bertz CT molecular complexity index is 829. The van der Waals surface area contributed by atoms with Crippen LogP contribution in [0.15, 0.2) is 36.4 Å². The Kier molecular flexibility index (Phi) is 4.45. The van der Waals surface area contributed by atoms with Crippen LogP contribution in [0.25, 0.3) is 0 Å². The van der Waals surface area contributed by atoms with E-state index in [0.717, 1.165) is 35.5 Å². The monoisotopic (exact) mass is 353 g/mol. The lowest BCUT2D eigenvalue weighted by atomic mass is 10.0. The van der Waals surface area contributed by atoms with Gasteiger partial charge in [0.25, 0.3) is 5.91 Å². The Morgan fingerprint density at radius 1 is 1.12 bits per heavy atom. The van der Waals surface area contributed by atoms with E-state index in [0.29, 0.717) is 30.4 Å². The Morgan fingerprint density at radius 3 is 2.62 bits per heavy atom. The predicted molar refractivity (Wildman–Crippen MR) is 98.1 cm³/mol. The van der Waals surface area contributed by atoms with Crippen molar-refractivity contribution in [2.75, 3.05) is 20.3 Å². The molecule has 26 heavy (non-hydrogen) atoms. The van der Waals surface area contributed by atoms with Crippen molar-refractivity contribution in [3.63, 3.8) is 0 Å². The van der Waals surface area contributed by atoms with E-state index in [1.165, 1.54) is 0 Å². The van der Waals surface area contributed by atoms with E-state index in [1.54, 1.807) is 7.11 Å². The van der Waals surface area contributed by atoms with E-state index >= 15 is 0 Å². The number of carbonyl (C=O) groups is 1. The molecule has 2 aromatic rings. The minimum atomic E-state index is -0.114. The van der Waals surface area contributed by atoms with Crippen molar-refractivity contribution in [2.45, 2.75) is 25.8 Å². The van der Waals surface area contributed by atoms with Crippen molar-refractivity contribution in [2.24, 2.45) is 5.92 Å². The average molecular weight is 353 g/mol. The summed E-state index contributed by atoms with van der Waals surface area (Å²) in [4.78, 5) is 12.9. The third-order valence-corrected chi connectivity index (χ3v) is 4.90. The maximum absolute atomic E-state index is 12.9. The summed E-state index contributed by atoms with van der Waals surface area (Å²) in [5.41, 5.74) is 2.64. The molecule has 1 unspecified atom stereocenters. The number of benzene rings is 2. The van der Waals surface area contributed by atoms with Crippen LogP contribution in [0, 0.1) is 12.8 Å². The van der Waals surface area contributed by atoms with Gasteiger partial charge >= 0.3 is 0 Å². The molecule has 1 heterocycles. The molecular formula is C21H23NO4. The number of nitrogens with one attached hydrogen (secondary N) is 1. The first-order valence-electron chi connectivity index (χ1n) is 9.01. The summed E-state index contributed by atoms with van der Waals surface area (Å²) in [6, 6.07) is 11.5. The molecule has 2 aliphatic rings. The number of aryl methyl sites for hydroxylation is 1. The molecule has 1 aliphatic heterocycles. The normalized spacial score (nSPS) is 16.7. The molecule has 1 fully saturated rings. The molecule has 1 aliphatic carbocycles. The van der Waals surface area contributed by atoms with Crippen LogP contribution in [-0.2, 0) is 0 Å². The highest BCUT2D eigenvalue weighted by molar-refractivity contribution is 5.97. The molecular weight excluding hydrogens is 330 g/mol. The van der Waals surface area contributed by atoms with Gasteiger partial charge < -0.3 is 19.5 Å². The average Bonchev–Trinajstić information content (AvgIpc) is 3.50. The predicted octanol–water partition coefficient (Wildman–Crippen LogP) is 3.66. The van der Waals surface area contributed by atoms with Crippen LogP contribution in [0.3, 0.4) is 0 Å². The minimum absolute atomic E-state index is 0.0384. The highest BCUT2D eigenvalue weighted by Gasteiger charge is 2.34. The zero-order valence-electron chi connectivity index (χ0n) is 15.1. The number of rotatable bonds is 5. The maximum atomic E-state index is 12.9. The van der Waals surface area contributed by atoms with Crippen molar-refractivity contribution < 1.29 is 19.0 Å². The minimum Gasteiger partial charge on any atom is -0.496 e. The van der Waals surface area contributed by atoms with Crippen molar-refractivity contribution >= 4 is 5.91 Å². The Morgan fingerprint density at radius 2 is 1.88 bits per heavy atom. The fourth-order valence-corrected chi connectivity index (χ4v) is 3.37. The lowest BCUT2D eigenvalue weighted by Gasteiger charge is -2.23. The first-order valence-corrected chi connectivity index (χ1v) is 9.01. The molecule has 0 bridgehead atoms. The SMILES string of the molecule is COc1ccc(C)cc1C(=O)NC(c1ccc2c(c1)OCCO2)C1CC1. The van der Waals surface area contributed by atoms with E-state index in [2.05, 4.69) is 5.32 Å². The van der Waals surface area contributed by atoms with Crippen LogP contribution in [0.5, 0.6) is 17.2 Å². The van der Waals surface area contributed by atoms with Crippen LogP contribution in [-0.4, -0.2) is 26.2 Å². The summed E-state index contributed by atoms with van der Waals surface area (Å²) in [7, 11) is 1.58. The van der Waals surface area contributed by atoms with Crippen molar-refractivity contribution in [3.8, 4) is 17.2 Å². The van der Waals surface area contributed by atoms with Gasteiger partial charge in [-0.05, 0) is 55.5 Å². The van der Waals surface area contributed by atoms with Crippen molar-refractivity contribution in [1.29, 1.82) is 0 Å². The third-order valence-electron chi connectivity index (χ3n) is 4.90. The number of hydrogen-bond acceptors (Lipinski definition) is 4. The summed E-state index contributed by atoms with van der Waals surface area (Å²) in [6.07, 6.45) is 2.23. The number of ether oxygens (including phenoxy) is 3. The van der Waals surface area contributed by atoms with Crippen LogP contribution < -0.4 is 19.5 Å². The third kappa shape index (κ3) is 3.34. The van der Waals surface area contributed by atoms with Gasteiger partial charge in [-0.25, -0.2) is 0 Å². The molecule has 1 atom stereocenters. The molecule has 4 rings (SSSR count). The zero-order valence-corrected chi connectivity index (χ0v) is 15.1. The number of hydrogen-bond donors (Lipinski definition) is 1. The molecule has 0 spiro atoms. The van der Waals surface area contributed by atoms with Gasteiger partial charge in [-0.3, -0.25) is 4.79 Å². The second-order valence-electron chi connectivity index (χ2n) is 6.90. The molecule has 1 saturated carbocycles. The standard InChI is InChI=1S/C21H23NO4/c1-13-3-7-17(24-2)16(11-13)21(23)22-20(14-4-5-14)15-6-8-18-19(12-15)26-10-9-25-18/h3,6-8,11-12,14,20H,4-5,9-10H2,1-2H3,(H,22,23). The fourth-order valence-electron chi connectivity index (χ4n) is 3.37. The fraction of sp³-hybridized carbons (Fsp3) is 0.381. The van der Waals surface area contributed by atoms with Crippen LogP contribution in [0.2, 0.25) is 0 Å². The Labute approximate surface area is 153 Å². The number of fused-ring (bicyclic) bond motifs is 1. The Balaban J connectivity index is 1.60. The first kappa shape index (κ1) is 16.8.